The van der Waals surface area contributed by atoms with Gasteiger partial charge in [-0.3, -0.25) is 14.4 Å². The summed E-state index contributed by atoms with van der Waals surface area (Å²) < 4.78 is 10.5. The van der Waals surface area contributed by atoms with E-state index in [-0.39, 0.29) is 23.5 Å². The number of nitrogens with one attached hydrogen (secondary N) is 3. The van der Waals surface area contributed by atoms with Gasteiger partial charge in [0.2, 0.25) is 5.91 Å². The summed E-state index contributed by atoms with van der Waals surface area (Å²) in [7, 11) is 0. The summed E-state index contributed by atoms with van der Waals surface area (Å²) in [5.74, 6) is -0.569. The highest BCUT2D eigenvalue weighted by atomic mass is 16.5. The molecular formula is C19H21N3O5. The second kappa shape index (κ2) is 7.53. The topological polar surface area (TPSA) is 110 Å². The Morgan fingerprint density at radius 2 is 2.00 bits per heavy atom. The number of carbonyl (C=O) groups is 3. The average Bonchev–Trinajstić information content (AvgIpc) is 3.15. The van der Waals surface area contributed by atoms with Crippen molar-refractivity contribution >= 4 is 29.1 Å². The second-order valence-corrected chi connectivity index (χ2v) is 6.62. The number of hydrogen-bond donors (Lipinski definition) is 3. The second-order valence-electron chi connectivity index (χ2n) is 6.62. The van der Waals surface area contributed by atoms with Crippen LogP contribution in [0.4, 0.5) is 11.4 Å². The molecule has 3 N–H and O–H groups in total. The van der Waals surface area contributed by atoms with Gasteiger partial charge in [0.25, 0.3) is 11.8 Å². The van der Waals surface area contributed by atoms with Crippen LogP contribution in [-0.4, -0.2) is 29.9 Å². The van der Waals surface area contributed by atoms with Crippen LogP contribution >= 0.6 is 0 Å². The van der Waals surface area contributed by atoms with Gasteiger partial charge >= 0.3 is 0 Å². The van der Waals surface area contributed by atoms with Crippen molar-refractivity contribution in [2.75, 3.05) is 10.6 Å². The Kier molecular flexibility index (Phi) is 5.16. The molecule has 1 aromatic carbocycles. The third-order valence-electron chi connectivity index (χ3n) is 4.16. The molecule has 142 valence electrons. The standard InChI is InChI=1S/C19H21N3O5/c1-10(2)16(22-18(24)15-5-4-8-26-15)19(25)20-12-6-7-14-13(9-12)21-17(23)11(3)27-14/h4-11,16H,1-3H3,(H,20,25)(H,21,23)(H,22,24)/t11-,16-/m0/s1. The SMILES string of the molecule is CC(C)[C@H](NC(=O)c1ccco1)C(=O)Nc1ccc2c(c1)NC(=O)[C@H](C)O2. The number of furan rings is 1. The number of ether oxygens (including phenoxy) is 1. The van der Waals surface area contributed by atoms with Crippen LogP contribution in [0.15, 0.2) is 41.0 Å². The Hall–Kier alpha value is -3.29. The molecule has 0 spiro atoms. The summed E-state index contributed by atoms with van der Waals surface area (Å²) in [5, 5.41) is 8.16. The van der Waals surface area contributed by atoms with Gasteiger partial charge in [0.15, 0.2) is 11.9 Å². The molecule has 3 amide bonds. The van der Waals surface area contributed by atoms with E-state index in [1.807, 2.05) is 13.8 Å². The summed E-state index contributed by atoms with van der Waals surface area (Å²) in [6.07, 6.45) is 0.823. The molecule has 0 radical (unpaired) electrons. The Morgan fingerprint density at radius 3 is 2.67 bits per heavy atom. The maximum atomic E-state index is 12.7. The van der Waals surface area contributed by atoms with Crippen molar-refractivity contribution in [2.24, 2.45) is 5.92 Å². The third kappa shape index (κ3) is 4.11. The highest BCUT2D eigenvalue weighted by molar-refractivity contribution is 6.02. The van der Waals surface area contributed by atoms with Gasteiger partial charge in [0.1, 0.15) is 11.8 Å². The Balaban J connectivity index is 1.71. The lowest BCUT2D eigenvalue weighted by Crippen LogP contribution is -2.47. The molecule has 0 fully saturated rings. The van der Waals surface area contributed by atoms with E-state index in [4.69, 9.17) is 9.15 Å². The number of hydrogen-bond acceptors (Lipinski definition) is 5. The zero-order valence-corrected chi connectivity index (χ0v) is 15.2. The van der Waals surface area contributed by atoms with E-state index >= 15 is 0 Å². The van der Waals surface area contributed by atoms with Crippen LogP contribution < -0.4 is 20.7 Å². The average molecular weight is 371 g/mol. The van der Waals surface area contributed by atoms with Crippen LogP contribution in [0.3, 0.4) is 0 Å². The minimum Gasteiger partial charge on any atom is -0.479 e. The number of carbonyl (C=O) groups excluding carboxylic acids is 3. The van der Waals surface area contributed by atoms with Crippen molar-refractivity contribution in [3.8, 4) is 5.75 Å². The molecule has 1 aliphatic heterocycles. The fraction of sp³-hybridized carbons (Fsp3) is 0.316. The van der Waals surface area contributed by atoms with Crippen molar-refractivity contribution in [1.29, 1.82) is 0 Å². The monoisotopic (exact) mass is 371 g/mol. The van der Waals surface area contributed by atoms with E-state index < -0.39 is 18.1 Å². The van der Waals surface area contributed by atoms with Crippen molar-refractivity contribution in [2.45, 2.75) is 32.9 Å². The van der Waals surface area contributed by atoms with Crippen molar-refractivity contribution in [3.05, 3.63) is 42.4 Å². The highest BCUT2D eigenvalue weighted by Crippen LogP contribution is 2.32. The Bertz CT molecular complexity index is 860. The van der Waals surface area contributed by atoms with Gasteiger partial charge in [-0.1, -0.05) is 13.8 Å². The fourth-order valence-electron chi connectivity index (χ4n) is 2.66. The van der Waals surface area contributed by atoms with Crippen molar-refractivity contribution in [1.82, 2.24) is 5.32 Å². The number of benzene rings is 1. The maximum absolute atomic E-state index is 12.7. The number of amides is 3. The minimum absolute atomic E-state index is 0.135. The van der Waals surface area contributed by atoms with E-state index in [2.05, 4.69) is 16.0 Å². The molecule has 1 aliphatic rings. The van der Waals surface area contributed by atoms with E-state index in [0.717, 1.165) is 0 Å². The normalized spacial score (nSPS) is 16.7. The molecule has 8 nitrogen and oxygen atoms in total. The van der Waals surface area contributed by atoms with Gasteiger partial charge < -0.3 is 25.1 Å². The van der Waals surface area contributed by atoms with Crippen LogP contribution in [-0.2, 0) is 9.59 Å². The van der Waals surface area contributed by atoms with Gasteiger partial charge in [0.05, 0.1) is 12.0 Å². The Labute approximate surface area is 156 Å². The zero-order valence-electron chi connectivity index (χ0n) is 15.2. The molecule has 0 aliphatic carbocycles. The molecule has 2 atom stereocenters. The summed E-state index contributed by atoms with van der Waals surface area (Å²) >= 11 is 0. The summed E-state index contributed by atoms with van der Waals surface area (Å²) in [5.41, 5.74) is 0.965. The quantitative estimate of drug-likeness (QED) is 0.748. The Morgan fingerprint density at radius 1 is 1.22 bits per heavy atom. The van der Waals surface area contributed by atoms with Crippen LogP contribution in [0.5, 0.6) is 5.75 Å². The van der Waals surface area contributed by atoms with Gasteiger partial charge in [-0.05, 0) is 43.2 Å². The lowest BCUT2D eigenvalue weighted by molar-refractivity contribution is -0.122. The van der Waals surface area contributed by atoms with Gasteiger partial charge in [-0.25, -0.2) is 0 Å². The number of rotatable bonds is 5. The first-order valence-corrected chi connectivity index (χ1v) is 8.62. The molecule has 0 unspecified atom stereocenters. The van der Waals surface area contributed by atoms with Crippen molar-refractivity contribution < 1.29 is 23.5 Å². The summed E-state index contributed by atoms with van der Waals surface area (Å²) in [4.78, 5) is 36.6. The molecule has 1 aromatic heterocycles. The predicted octanol–water partition coefficient (Wildman–Crippen LogP) is 2.39. The molecule has 3 rings (SSSR count). The first kappa shape index (κ1) is 18.5. The molecule has 8 heteroatoms. The first-order chi connectivity index (χ1) is 12.8. The molecular weight excluding hydrogens is 350 g/mol. The molecule has 27 heavy (non-hydrogen) atoms. The molecule has 2 heterocycles. The zero-order chi connectivity index (χ0) is 19.6. The van der Waals surface area contributed by atoms with E-state index in [0.29, 0.717) is 17.1 Å². The number of fused-ring (bicyclic) bond motifs is 1. The third-order valence-corrected chi connectivity index (χ3v) is 4.16. The summed E-state index contributed by atoms with van der Waals surface area (Å²) in [6, 6.07) is 7.33. The molecule has 0 bridgehead atoms. The van der Waals surface area contributed by atoms with Gasteiger partial charge in [-0.2, -0.15) is 0 Å². The van der Waals surface area contributed by atoms with Gasteiger partial charge in [-0.15, -0.1) is 0 Å². The smallest absolute Gasteiger partial charge is 0.287 e. The lowest BCUT2D eigenvalue weighted by atomic mass is 10.0. The van der Waals surface area contributed by atoms with Crippen LogP contribution in [0.2, 0.25) is 0 Å². The molecule has 0 saturated heterocycles. The highest BCUT2D eigenvalue weighted by Gasteiger charge is 2.27. The predicted molar refractivity (Wildman–Crippen MR) is 98.6 cm³/mol. The minimum atomic E-state index is -0.760. The maximum Gasteiger partial charge on any atom is 0.287 e. The lowest BCUT2D eigenvalue weighted by Gasteiger charge is -2.24. The number of anilines is 2. The van der Waals surface area contributed by atoms with Gasteiger partial charge in [0, 0.05) is 5.69 Å². The van der Waals surface area contributed by atoms with Crippen LogP contribution in [0, 0.1) is 5.92 Å². The van der Waals surface area contributed by atoms with E-state index in [1.54, 1.807) is 31.2 Å². The van der Waals surface area contributed by atoms with Crippen LogP contribution in [0.1, 0.15) is 31.3 Å². The van der Waals surface area contributed by atoms with E-state index in [9.17, 15) is 14.4 Å². The first-order valence-electron chi connectivity index (χ1n) is 8.62. The van der Waals surface area contributed by atoms with E-state index in [1.165, 1.54) is 12.3 Å². The van der Waals surface area contributed by atoms with Crippen LogP contribution in [0.25, 0.3) is 0 Å². The fourth-order valence-corrected chi connectivity index (χ4v) is 2.66. The largest absolute Gasteiger partial charge is 0.479 e. The van der Waals surface area contributed by atoms with Crippen molar-refractivity contribution in [3.63, 3.8) is 0 Å². The summed E-state index contributed by atoms with van der Waals surface area (Å²) in [6.45, 7) is 5.31. The molecule has 0 saturated carbocycles. The molecule has 2 aromatic rings.